The molecule has 0 atom stereocenters. The number of hydrogen-bond acceptors (Lipinski definition) is 5. The lowest BCUT2D eigenvalue weighted by Crippen LogP contribution is -1.80. The van der Waals surface area contributed by atoms with Crippen molar-refractivity contribution in [2.75, 3.05) is 5.73 Å². The summed E-state index contributed by atoms with van der Waals surface area (Å²) in [6.45, 7) is 0. The molecule has 1 aromatic heterocycles. The molecule has 0 aliphatic carbocycles. The van der Waals surface area contributed by atoms with Gasteiger partial charge in [-0.15, -0.1) is 10.2 Å². The van der Waals surface area contributed by atoms with E-state index in [1.807, 2.05) is 0 Å². The second-order valence-electron chi connectivity index (χ2n) is 2.61. The number of nitrogen functional groups attached to an aromatic ring is 1. The Morgan fingerprint density at radius 1 is 1.36 bits per heavy atom. The Morgan fingerprint density at radius 2 is 2.14 bits per heavy atom. The summed E-state index contributed by atoms with van der Waals surface area (Å²) >= 11 is 6.91. The maximum absolute atomic E-state index is 9.57. The van der Waals surface area contributed by atoms with Crippen molar-refractivity contribution in [3.05, 3.63) is 23.2 Å². The Bertz CT molecular complexity index is 471. The van der Waals surface area contributed by atoms with Crippen LogP contribution in [0, 0.1) is 0 Å². The van der Waals surface area contributed by atoms with E-state index in [2.05, 4.69) is 10.2 Å². The molecule has 1 heterocycles. The van der Waals surface area contributed by atoms with Crippen LogP contribution >= 0.6 is 22.9 Å². The fraction of sp³-hybridized carbons (Fsp3) is 0. The molecule has 2 rings (SSSR count). The minimum absolute atomic E-state index is 0.0775. The fourth-order valence-electron chi connectivity index (χ4n) is 1.03. The molecular weight excluding hydrogens is 222 g/mol. The van der Waals surface area contributed by atoms with E-state index in [9.17, 15) is 5.11 Å². The summed E-state index contributed by atoms with van der Waals surface area (Å²) in [6.07, 6.45) is 0. The summed E-state index contributed by atoms with van der Waals surface area (Å²) in [5.74, 6) is 0.0775. The number of halogens is 1. The number of benzene rings is 1. The Kier molecular flexibility index (Phi) is 2.26. The lowest BCUT2D eigenvalue weighted by atomic mass is 10.2. The number of nitrogens with two attached hydrogens (primary N) is 1. The minimum Gasteiger partial charge on any atom is -0.507 e. The van der Waals surface area contributed by atoms with Crippen LogP contribution in [0.3, 0.4) is 0 Å². The van der Waals surface area contributed by atoms with Gasteiger partial charge in [0.1, 0.15) is 5.75 Å². The summed E-state index contributed by atoms with van der Waals surface area (Å²) in [5.41, 5.74) is 6.02. The number of anilines is 1. The third kappa shape index (κ3) is 1.64. The largest absolute Gasteiger partial charge is 0.507 e. The van der Waals surface area contributed by atoms with Crippen molar-refractivity contribution in [2.45, 2.75) is 0 Å². The smallest absolute Gasteiger partial charge is 0.203 e. The Balaban J connectivity index is 2.52. The summed E-state index contributed by atoms with van der Waals surface area (Å²) < 4.78 is 0. The monoisotopic (exact) mass is 227 g/mol. The third-order valence-corrected chi connectivity index (χ3v) is 2.65. The standard InChI is InChI=1S/C8H6ClN3OS/c9-4-1-2-5(6(13)3-4)7-11-12-8(10)14-7/h1-3,13H,(H2,10,12). The summed E-state index contributed by atoms with van der Waals surface area (Å²) in [4.78, 5) is 0. The molecule has 14 heavy (non-hydrogen) atoms. The number of aromatic hydroxyl groups is 1. The van der Waals surface area contributed by atoms with Gasteiger partial charge >= 0.3 is 0 Å². The quantitative estimate of drug-likeness (QED) is 0.783. The van der Waals surface area contributed by atoms with E-state index in [-0.39, 0.29) is 5.75 Å². The molecule has 0 aliphatic heterocycles. The van der Waals surface area contributed by atoms with Gasteiger partial charge in [-0.25, -0.2) is 0 Å². The van der Waals surface area contributed by atoms with Crippen molar-refractivity contribution in [3.63, 3.8) is 0 Å². The van der Waals surface area contributed by atoms with Crippen molar-refractivity contribution in [1.82, 2.24) is 10.2 Å². The van der Waals surface area contributed by atoms with Gasteiger partial charge in [0.25, 0.3) is 0 Å². The lowest BCUT2D eigenvalue weighted by molar-refractivity contribution is 0.477. The molecule has 0 aliphatic rings. The minimum atomic E-state index is 0.0775. The van der Waals surface area contributed by atoms with Gasteiger partial charge in [-0.3, -0.25) is 0 Å². The van der Waals surface area contributed by atoms with Crippen LogP contribution in [0.4, 0.5) is 5.13 Å². The van der Waals surface area contributed by atoms with Gasteiger partial charge in [0.2, 0.25) is 5.13 Å². The molecule has 0 bridgehead atoms. The van der Waals surface area contributed by atoms with Crippen LogP contribution in [-0.2, 0) is 0 Å². The van der Waals surface area contributed by atoms with Crippen molar-refractivity contribution in [2.24, 2.45) is 0 Å². The van der Waals surface area contributed by atoms with E-state index in [0.29, 0.717) is 20.7 Å². The van der Waals surface area contributed by atoms with Crippen LogP contribution in [0.2, 0.25) is 5.02 Å². The van der Waals surface area contributed by atoms with E-state index in [0.717, 1.165) is 0 Å². The molecule has 6 heteroatoms. The van der Waals surface area contributed by atoms with Crippen molar-refractivity contribution < 1.29 is 5.11 Å². The molecule has 4 nitrogen and oxygen atoms in total. The van der Waals surface area contributed by atoms with Gasteiger partial charge in [0.15, 0.2) is 5.01 Å². The second kappa shape index (κ2) is 3.43. The normalized spacial score (nSPS) is 10.4. The van der Waals surface area contributed by atoms with Crippen LogP contribution in [-0.4, -0.2) is 15.3 Å². The first kappa shape index (κ1) is 9.23. The number of aromatic nitrogens is 2. The SMILES string of the molecule is Nc1nnc(-c2ccc(Cl)cc2O)s1. The van der Waals surface area contributed by atoms with Gasteiger partial charge in [-0.2, -0.15) is 0 Å². The van der Waals surface area contributed by atoms with E-state index in [1.165, 1.54) is 17.4 Å². The highest BCUT2D eigenvalue weighted by Gasteiger charge is 2.09. The predicted molar refractivity (Wildman–Crippen MR) is 56.4 cm³/mol. The second-order valence-corrected chi connectivity index (χ2v) is 4.05. The van der Waals surface area contributed by atoms with Crippen molar-refractivity contribution in [3.8, 4) is 16.3 Å². The first-order valence-corrected chi connectivity index (χ1v) is 4.94. The van der Waals surface area contributed by atoms with Gasteiger partial charge in [0.05, 0.1) is 5.56 Å². The molecule has 72 valence electrons. The van der Waals surface area contributed by atoms with Gasteiger partial charge < -0.3 is 10.8 Å². The Morgan fingerprint density at radius 3 is 2.71 bits per heavy atom. The molecule has 0 unspecified atom stereocenters. The molecule has 0 radical (unpaired) electrons. The van der Waals surface area contributed by atoms with Crippen LogP contribution in [0.15, 0.2) is 18.2 Å². The molecule has 0 fully saturated rings. The zero-order valence-corrected chi connectivity index (χ0v) is 8.51. The fourth-order valence-corrected chi connectivity index (χ4v) is 1.84. The van der Waals surface area contributed by atoms with Crippen LogP contribution in [0.1, 0.15) is 0 Å². The zero-order valence-electron chi connectivity index (χ0n) is 6.94. The summed E-state index contributed by atoms with van der Waals surface area (Å²) in [6, 6.07) is 4.81. The number of phenolic OH excluding ortho intramolecular Hbond substituents is 1. The van der Waals surface area contributed by atoms with Crippen LogP contribution in [0.25, 0.3) is 10.6 Å². The molecule has 1 aromatic carbocycles. The number of hydrogen-bond donors (Lipinski definition) is 2. The van der Waals surface area contributed by atoms with Crippen LogP contribution < -0.4 is 5.73 Å². The highest BCUT2D eigenvalue weighted by Crippen LogP contribution is 2.33. The zero-order chi connectivity index (χ0) is 10.1. The molecule has 0 saturated heterocycles. The first-order valence-electron chi connectivity index (χ1n) is 3.74. The number of nitrogens with zero attached hydrogens (tertiary/aromatic N) is 2. The predicted octanol–water partition coefficient (Wildman–Crippen LogP) is 2.15. The molecule has 0 saturated carbocycles. The number of phenols is 1. The molecular formula is C8H6ClN3OS. The highest BCUT2D eigenvalue weighted by molar-refractivity contribution is 7.18. The van der Waals surface area contributed by atoms with Gasteiger partial charge in [0, 0.05) is 5.02 Å². The molecule has 0 amide bonds. The highest BCUT2D eigenvalue weighted by atomic mass is 35.5. The maximum Gasteiger partial charge on any atom is 0.203 e. The molecule has 0 spiro atoms. The van der Waals surface area contributed by atoms with Gasteiger partial charge in [-0.05, 0) is 18.2 Å². The average Bonchev–Trinajstić information content (AvgIpc) is 2.51. The van der Waals surface area contributed by atoms with Crippen molar-refractivity contribution in [1.29, 1.82) is 0 Å². The van der Waals surface area contributed by atoms with Crippen LogP contribution in [0.5, 0.6) is 5.75 Å². The molecule has 3 N–H and O–H groups in total. The topological polar surface area (TPSA) is 72.0 Å². The lowest BCUT2D eigenvalue weighted by Gasteiger charge is -1.99. The van der Waals surface area contributed by atoms with E-state index in [4.69, 9.17) is 17.3 Å². The Hall–Kier alpha value is -1.33. The summed E-state index contributed by atoms with van der Waals surface area (Å²) in [7, 11) is 0. The van der Waals surface area contributed by atoms with E-state index < -0.39 is 0 Å². The Labute approximate surface area is 89.0 Å². The van der Waals surface area contributed by atoms with E-state index in [1.54, 1.807) is 12.1 Å². The average molecular weight is 228 g/mol. The number of rotatable bonds is 1. The van der Waals surface area contributed by atoms with Crippen molar-refractivity contribution >= 4 is 28.1 Å². The summed E-state index contributed by atoms with van der Waals surface area (Å²) in [5, 5.41) is 18.5. The van der Waals surface area contributed by atoms with E-state index >= 15 is 0 Å². The third-order valence-electron chi connectivity index (χ3n) is 1.63. The molecule has 2 aromatic rings. The van der Waals surface area contributed by atoms with Gasteiger partial charge in [-0.1, -0.05) is 22.9 Å². The maximum atomic E-state index is 9.57. The first-order chi connectivity index (χ1) is 6.66.